The largest absolute Gasteiger partial charge is 0.360 e. The zero-order valence-electron chi connectivity index (χ0n) is 18.2. The summed E-state index contributed by atoms with van der Waals surface area (Å²) in [5.41, 5.74) is 1.44. The molecule has 1 aromatic carbocycles. The Morgan fingerprint density at radius 3 is 2.23 bits per heavy atom. The fourth-order valence-electron chi connectivity index (χ4n) is 4.17. The van der Waals surface area contributed by atoms with Crippen molar-refractivity contribution in [3.05, 3.63) is 40.6 Å². The molecule has 7 heteroatoms. The summed E-state index contributed by atoms with van der Waals surface area (Å²) in [5.74, 6) is 0.0977. The van der Waals surface area contributed by atoms with Crippen LogP contribution in [0.5, 0.6) is 0 Å². The van der Waals surface area contributed by atoms with Crippen LogP contribution in [0.1, 0.15) is 86.7 Å². The van der Waals surface area contributed by atoms with Crippen LogP contribution in [0.25, 0.3) is 11.3 Å². The number of halogens is 1. The fourth-order valence-corrected chi connectivity index (χ4v) is 4.66. The third-order valence-electron chi connectivity index (χ3n) is 5.89. The lowest BCUT2D eigenvalue weighted by molar-refractivity contribution is 0.0975. The molecule has 1 aliphatic rings. The van der Waals surface area contributed by atoms with Gasteiger partial charge in [-0.05, 0) is 38.0 Å². The Hall–Kier alpha value is -1.92. The van der Waals surface area contributed by atoms with Gasteiger partial charge in [0.05, 0.1) is 5.02 Å². The smallest absolute Gasteiger partial charge is 0.263 e. The van der Waals surface area contributed by atoms with Crippen molar-refractivity contribution in [3.63, 3.8) is 0 Å². The van der Waals surface area contributed by atoms with Crippen molar-refractivity contribution in [2.45, 2.75) is 83.6 Å². The Morgan fingerprint density at radius 1 is 1.03 bits per heavy atom. The monoisotopic (exact) mass is 461 g/mol. The first kappa shape index (κ1) is 23.7. The van der Waals surface area contributed by atoms with E-state index < -0.39 is 0 Å². The molecule has 0 spiro atoms. The topological polar surface area (TPSA) is 67.2 Å². The standard InChI is InChI=1S/C24H32ClN3O2S/c1-17-21(22(28-30-17)19-15-11-12-16-20(19)25)23(29)27-24(31)26-18-13-9-7-5-3-2-4-6-8-10-14-18/h11-12,15-16,18H,2-10,13-14H2,1H3,(H2,26,27,29,31). The first-order chi connectivity index (χ1) is 15.1. The molecule has 168 valence electrons. The molecule has 0 saturated heterocycles. The summed E-state index contributed by atoms with van der Waals surface area (Å²) in [6.07, 6.45) is 13.7. The van der Waals surface area contributed by atoms with Crippen LogP contribution < -0.4 is 10.6 Å². The summed E-state index contributed by atoms with van der Waals surface area (Å²) < 4.78 is 5.30. The highest BCUT2D eigenvalue weighted by Gasteiger charge is 2.24. The molecule has 0 bridgehead atoms. The SMILES string of the molecule is Cc1onc(-c2ccccc2Cl)c1C(=O)NC(=S)NC1CCCCCCCCCCC1. The predicted molar refractivity (Wildman–Crippen MR) is 129 cm³/mol. The number of hydrogen-bond acceptors (Lipinski definition) is 4. The first-order valence-electron chi connectivity index (χ1n) is 11.4. The van der Waals surface area contributed by atoms with E-state index in [4.69, 9.17) is 28.3 Å². The molecular weight excluding hydrogens is 430 g/mol. The summed E-state index contributed by atoms with van der Waals surface area (Å²) >= 11 is 11.8. The Balaban J connectivity index is 1.63. The normalized spacial score (nSPS) is 16.7. The maximum absolute atomic E-state index is 13.0. The van der Waals surface area contributed by atoms with Gasteiger partial charge in [0.15, 0.2) is 5.11 Å². The predicted octanol–water partition coefficient (Wildman–Crippen LogP) is 6.58. The molecule has 0 unspecified atom stereocenters. The van der Waals surface area contributed by atoms with E-state index in [2.05, 4.69) is 15.8 Å². The second kappa shape index (κ2) is 12.2. The van der Waals surface area contributed by atoms with Crippen molar-refractivity contribution in [3.8, 4) is 11.3 Å². The minimum Gasteiger partial charge on any atom is -0.360 e. The molecular formula is C24H32ClN3O2S. The number of nitrogens with zero attached hydrogens (tertiary/aromatic N) is 1. The third-order valence-corrected chi connectivity index (χ3v) is 6.44. The molecule has 2 N–H and O–H groups in total. The molecule has 0 aliphatic heterocycles. The van der Waals surface area contributed by atoms with Gasteiger partial charge >= 0.3 is 0 Å². The summed E-state index contributed by atoms with van der Waals surface area (Å²) in [5, 5.41) is 11.1. The Bertz CT molecular complexity index is 871. The second-order valence-corrected chi connectivity index (χ2v) is 9.14. The lowest BCUT2D eigenvalue weighted by Crippen LogP contribution is -2.44. The van der Waals surface area contributed by atoms with Crippen LogP contribution in [0.15, 0.2) is 28.8 Å². The number of aromatic nitrogens is 1. The fraction of sp³-hybridized carbons (Fsp3) is 0.542. The van der Waals surface area contributed by atoms with Crippen molar-refractivity contribution in [1.29, 1.82) is 0 Å². The molecule has 2 aromatic rings. The summed E-state index contributed by atoms with van der Waals surface area (Å²) in [4.78, 5) is 13.0. The van der Waals surface area contributed by atoms with E-state index in [0.717, 1.165) is 12.8 Å². The summed E-state index contributed by atoms with van der Waals surface area (Å²) in [6, 6.07) is 7.55. The number of rotatable bonds is 3. The number of hydrogen-bond donors (Lipinski definition) is 2. The van der Waals surface area contributed by atoms with Gasteiger partial charge in [0, 0.05) is 11.6 Å². The average molecular weight is 462 g/mol. The van der Waals surface area contributed by atoms with Gasteiger partial charge in [-0.25, -0.2) is 0 Å². The molecule has 1 fully saturated rings. The van der Waals surface area contributed by atoms with Gasteiger partial charge in [-0.15, -0.1) is 0 Å². The molecule has 31 heavy (non-hydrogen) atoms. The molecule has 1 aromatic heterocycles. The molecule has 1 saturated carbocycles. The minimum atomic E-state index is -0.334. The zero-order chi connectivity index (χ0) is 22.1. The number of benzene rings is 1. The van der Waals surface area contributed by atoms with E-state index in [1.807, 2.05) is 18.2 Å². The number of nitrogens with one attached hydrogen (secondary N) is 2. The maximum atomic E-state index is 13.0. The highest BCUT2D eigenvalue weighted by Crippen LogP contribution is 2.30. The van der Waals surface area contributed by atoms with Crippen molar-refractivity contribution >= 4 is 34.8 Å². The van der Waals surface area contributed by atoms with Crippen LogP contribution in [0.3, 0.4) is 0 Å². The molecule has 5 nitrogen and oxygen atoms in total. The Kier molecular flexibility index (Phi) is 9.34. The number of carbonyl (C=O) groups is 1. The van der Waals surface area contributed by atoms with Gasteiger partial charge in [0.25, 0.3) is 5.91 Å². The van der Waals surface area contributed by atoms with Crippen LogP contribution in [0.2, 0.25) is 5.02 Å². The number of aryl methyl sites for hydroxylation is 1. The highest BCUT2D eigenvalue weighted by atomic mass is 35.5. The quantitative estimate of drug-likeness (QED) is 0.505. The molecule has 0 radical (unpaired) electrons. The van der Waals surface area contributed by atoms with E-state index >= 15 is 0 Å². The number of thiocarbonyl (C=S) groups is 1. The van der Waals surface area contributed by atoms with E-state index in [9.17, 15) is 4.79 Å². The molecule has 0 atom stereocenters. The van der Waals surface area contributed by atoms with Crippen molar-refractivity contribution in [2.75, 3.05) is 0 Å². The van der Waals surface area contributed by atoms with Crippen LogP contribution in [0.4, 0.5) is 0 Å². The van der Waals surface area contributed by atoms with Crippen molar-refractivity contribution in [1.82, 2.24) is 15.8 Å². The second-order valence-electron chi connectivity index (χ2n) is 8.33. The average Bonchev–Trinajstić information content (AvgIpc) is 3.11. The number of amides is 1. The Morgan fingerprint density at radius 2 is 1.61 bits per heavy atom. The lowest BCUT2D eigenvalue weighted by Gasteiger charge is -2.21. The highest BCUT2D eigenvalue weighted by molar-refractivity contribution is 7.80. The molecule has 1 amide bonds. The van der Waals surface area contributed by atoms with E-state index in [-0.39, 0.29) is 5.91 Å². The summed E-state index contributed by atoms with van der Waals surface area (Å²) in [6.45, 7) is 1.71. The number of carbonyl (C=O) groups excluding carboxylic acids is 1. The van der Waals surface area contributed by atoms with Gasteiger partial charge in [0.2, 0.25) is 0 Å². The van der Waals surface area contributed by atoms with E-state index in [1.54, 1.807) is 13.0 Å². The molecule has 1 heterocycles. The molecule has 3 rings (SSSR count). The van der Waals surface area contributed by atoms with Crippen molar-refractivity contribution in [2.24, 2.45) is 0 Å². The first-order valence-corrected chi connectivity index (χ1v) is 12.2. The zero-order valence-corrected chi connectivity index (χ0v) is 19.8. The van der Waals surface area contributed by atoms with Crippen LogP contribution in [-0.2, 0) is 0 Å². The third kappa shape index (κ3) is 7.04. The van der Waals surface area contributed by atoms with Crippen LogP contribution in [0, 0.1) is 6.92 Å². The van der Waals surface area contributed by atoms with Crippen molar-refractivity contribution < 1.29 is 9.32 Å². The van der Waals surface area contributed by atoms with Gasteiger partial charge in [-0.1, -0.05) is 92.7 Å². The minimum absolute atomic E-state index is 0.291. The van der Waals surface area contributed by atoms with E-state index in [1.165, 1.54) is 57.8 Å². The van der Waals surface area contributed by atoms with Crippen LogP contribution >= 0.6 is 23.8 Å². The van der Waals surface area contributed by atoms with Gasteiger partial charge in [0.1, 0.15) is 17.0 Å². The van der Waals surface area contributed by atoms with E-state index in [0.29, 0.717) is 38.8 Å². The summed E-state index contributed by atoms with van der Waals surface area (Å²) in [7, 11) is 0. The maximum Gasteiger partial charge on any atom is 0.263 e. The van der Waals surface area contributed by atoms with Crippen LogP contribution in [-0.4, -0.2) is 22.2 Å². The Labute approximate surface area is 195 Å². The van der Waals surface area contributed by atoms with Gasteiger partial charge in [-0.2, -0.15) is 0 Å². The van der Waals surface area contributed by atoms with Gasteiger partial charge in [-0.3, -0.25) is 10.1 Å². The molecule has 1 aliphatic carbocycles. The lowest BCUT2D eigenvalue weighted by atomic mass is 9.98. The van der Waals surface area contributed by atoms with Gasteiger partial charge < -0.3 is 9.84 Å².